The smallest absolute Gasteiger partial charge is 0.308 e. The van der Waals surface area contributed by atoms with E-state index in [0.717, 1.165) is 5.56 Å². The Hall–Kier alpha value is -5.81. The molecule has 2 aromatic rings. The molecular weight excluding hydrogens is 716 g/mol. The molecule has 16 nitrogen and oxygen atoms in total. The van der Waals surface area contributed by atoms with E-state index in [9.17, 15) is 49.5 Å². The van der Waals surface area contributed by atoms with E-state index >= 15 is 0 Å². The summed E-state index contributed by atoms with van der Waals surface area (Å²) in [6.07, 6.45) is -3.68. The number of rotatable bonds is 14. The Morgan fingerprint density at radius 3 is 1.84 bits per heavy atom. The Morgan fingerprint density at radius 1 is 0.764 bits per heavy atom. The van der Waals surface area contributed by atoms with Crippen LogP contribution in [0.25, 0.3) is 12.2 Å². The first kappa shape index (κ1) is 40.4. The number of aromatic amines is 2. The van der Waals surface area contributed by atoms with Crippen LogP contribution in [-0.2, 0) is 52.7 Å². The van der Waals surface area contributed by atoms with E-state index in [4.69, 9.17) is 9.47 Å². The lowest BCUT2D eigenvalue weighted by Gasteiger charge is -2.40. The summed E-state index contributed by atoms with van der Waals surface area (Å²) in [4.78, 5) is 67.8. The van der Waals surface area contributed by atoms with E-state index in [1.54, 1.807) is 39.0 Å². The Balaban J connectivity index is 1.51. The van der Waals surface area contributed by atoms with E-state index in [1.165, 1.54) is 6.08 Å². The van der Waals surface area contributed by atoms with Crippen LogP contribution in [0.2, 0.25) is 0 Å². The number of allylic oxidation sites excluding steroid dienone is 2. The first-order valence-electron chi connectivity index (χ1n) is 17.4. The molecule has 5 rings (SSSR count). The monoisotopic (exact) mass is 758 g/mol. The van der Waals surface area contributed by atoms with Gasteiger partial charge in [-0.1, -0.05) is 25.3 Å². The van der Waals surface area contributed by atoms with Crippen molar-refractivity contribution >= 4 is 41.9 Å². The highest BCUT2D eigenvalue weighted by molar-refractivity contribution is 6.03. The third-order valence-corrected chi connectivity index (χ3v) is 10.1. The number of ether oxygens (including phenoxy) is 2. The van der Waals surface area contributed by atoms with Crippen molar-refractivity contribution in [3.8, 4) is 0 Å². The SMILES string of the molecule is C=CC1=C(C)/C(=C\c2[nH]c(Cc3[nH]c(/C=C4/NC(=O)C(C)=C4C=C)c(C)c3CCC(=O)[O-])c(CCC(=O)O[C@@H]3O[C@H](C(=O)[O-])[C@@H](O)[C@H](O)[C@H]3O)c2C)NC1=O. The maximum atomic E-state index is 13.1. The molecule has 5 heterocycles. The predicted octanol–water partition coefficient (Wildman–Crippen LogP) is -0.787. The first-order chi connectivity index (χ1) is 26.0. The molecule has 0 aromatic carbocycles. The molecule has 2 aromatic heterocycles. The van der Waals surface area contributed by atoms with Gasteiger partial charge >= 0.3 is 5.97 Å². The van der Waals surface area contributed by atoms with Gasteiger partial charge in [0, 0.05) is 64.0 Å². The molecule has 0 unspecified atom stereocenters. The van der Waals surface area contributed by atoms with Crippen LogP contribution in [-0.4, -0.2) is 85.7 Å². The highest BCUT2D eigenvalue weighted by Crippen LogP contribution is 2.32. The van der Waals surface area contributed by atoms with E-state index in [2.05, 4.69) is 33.8 Å². The van der Waals surface area contributed by atoms with Gasteiger partial charge in [0.05, 0.1) is 11.7 Å². The Kier molecular flexibility index (Phi) is 12.0. The summed E-state index contributed by atoms with van der Waals surface area (Å²) in [6, 6.07) is 0. The fourth-order valence-electron chi connectivity index (χ4n) is 6.93. The maximum absolute atomic E-state index is 13.1. The molecule has 16 heteroatoms. The van der Waals surface area contributed by atoms with Gasteiger partial charge in [-0.3, -0.25) is 14.4 Å². The minimum Gasteiger partial charge on any atom is -0.550 e. The summed E-state index contributed by atoms with van der Waals surface area (Å²) in [7, 11) is 0. The molecule has 0 spiro atoms. The highest BCUT2D eigenvalue weighted by Gasteiger charge is 2.46. The summed E-state index contributed by atoms with van der Waals surface area (Å²) < 4.78 is 10.2. The molecule has 292 valence electrons. The predicted molar refractivity (Wildman–Crippen MR) is 191 cm³/mol. The number of hydrogen-bond acceptors (Lipinski definition) is 12. The molecule has 3 aliphatic rings. The Bertz CT molecular complexity index is 2110. The van der Waals surface area contributed by atoms with Gasteiger partial charge in [-0.2, -0.15) is 0 Å². The summed E-state index contributed by atoms with van der Waals surface area (Å²) in [5, 5.41) is 59.0. The fraction of sp³-hybridized carbons (Fsp3) is 0.359. The van der Waals surface area contributed by atoms with E-state index in [0.29, 0.717) is 73.2 Å². The summed E-state index contributed by atoms with van der Waals surface area (Å²) >= 11 is 0. The number of H-pyrrole nitrogens is 2. The average Bonchev–Trinajstić information content (AvgIpc) is 3.78. The Labute approximate surface area is 315 Å². The molecule has 7 N–H and O–H groups in total. The average molecular weight is 759 g/mol. The summed E-state index contributed by atoms with van der Waals surface area (Å²) in [5.41, 5.74) is 8.47. The first-order valence-corrected chi connectivity index (χ1v) is 17.4. The van der Waals surface area contributed by atoms with Crippen LogP contribution in [0.15, 0.2) is 59.0 Å². The second kappa shape index (κ2) is 16.3. The number of aromatic nitrogens is 2. The molecule has 2 amide bonds. The highest BCUT2D eigenvalue weighted by atomic mass is 16.7. The number of esters is 1. The van der Waals surface area contributed by atoms with Crippen molar-refractivity contribution in [1.82, 2.24) is 20.6 Å². The molecule has 55 heavy (non-hydrogen) atoms. The van der Waals surface area contributed by atoms with Gasteiger partial charge in [-0.05, 0) is 86.9 Å². The maximum Gasteiger partial charge on any atom is 0.308 e. The van der Waals surface area contributed by atoms with Crippen LogP contribution in [0.3, 0.4) is 0 Å². The molecule has 3 aliphatic heterocycles. The zero-order valence-corrected chi connectivity index (χ0v) is 30.7. The summed E-state index contributed by atoms with van der Waals surface area (Å²) in [6.45, 7) is 14.6. The number of nitrogens with one attached hydrogen (secondary N) is 4. The number of aliphatic hydroxyl groups excluding tert-OH is 3. The molecule has 1 fully saturated rings. The number of aliphatic carboxylic acids is 2. The Morgan fingerprint density at radius 2 is 1.31 bits per heavy atom. The third-order valence-electron chi connectivity index (χ3n) is 10.1. The van der Waals surface area contributed by atoms with Crippen LogP contribution in [0.1, 0.15) is 71.7 Å². The summed E-state index contributed by atoms with van der Waals surface area (Å²) in [5.74, 6) is -4.63. The van der Waals surface area contributed by atoms with Gasteiger partial charge in [-0.25, -0.2) is 0 Å². The fourth-order valence-corrected chi connectivity index (χ4v) is 6.93. The van der Waals surface area contributed by atoms with E-state index in [-0.39, 0.29) is 43.9 Å². The van der Waals surface area contributed by atoms with Crippen molar-refractivity contribution in [1.29, 1.82) is 0 Å². The number of carbonyl (C=O) groups excluding carboxylic acids is 5. The van der Waals surface area contributed by atoms with Crippen molar-refractivity contribution in [3.63, 3.8) is 0 Å². The molecule has 0 saturated carbocycles. The van der Waals surface area contributed by atoms with Crippen LogP contribution in [0.4, 0.5) is 0 Å². The standard InChI is InChI=1S/C39H44N4O12/c1-7-20-19(6)36(50)43-27(20)14-25-17(4)22(9-11-30(44)45)28(41-25)15-29-23(18(5)24(40-29)13-26-16(3)21(8-2)37(51)42-26)10-12-31(46)54-39-34(49)32(47)33(48)35(55-39)38(52)53/h7-8,13-14,32-35,39-41,47-49H,1-2,9-12,15H2,3-6H3,(H,42,51)(H,43,50)(H,44,45)(H,52,53)/p-2/b26-13+,27-14+/t32-,33-,34+,35-,39+/m0/s1. The quantitative estimate of drug-likeness (QED) is 0.117. The van der Waals surface area contributed by atoms with Gasteiger partial charge in [0.25, 0.3) is 11.8 Å². The zero-order valence-electron chi connectivity index (χ0n) is 30.7. The number of amides is 2. The van der Waals surface area contributed by atoms with Gasteiger partial charge in [0.2, 0.25) is 6.29 Å². The lowest BCUT2D eigenvalue weighted by atomic mass is 9.98. The van der Waals surface area contributed by atoms with Gasteiger partial charge in [0.15, 0.2) is 0 Å². The van der Waals surface area contributed by atoms with E-state index in [1.807, 2.05) is 6.92 Å². The lowest BCUT2D eigenvalue weighted by Crippen LogP contribution is -2.62. The molecular formula is C39H42N4O12-2. The van der Waals surface area contributed by atoms with Crippen LogP contribution < -0.4 is 20.8 Å². The van der Waals surface area contributed by atoms with Crippen molar-refractivity contribution in [3.05, 3.63) is 104 Å². The normalized spacial score (nSPS) is 24.1. The minimum absolute atomic E-state index is 0.0421. The molecule has 1 saturated heterocycles. The van der Waals surface area contributed by atoms with Gasteiger partial charge in [0.1, 0.15) is 24.4 Å². The third kappa shape index (κ3) is 8.17. The number of hydrogen-bond donors (Lipinski definition) is 7. The lowest BCUT2D eigenvalue weighted by molar-refractivity contribution is -0.346. The van der Waals surface area contributed by atoms with Crippen molar-refractivity contribution in [2.24, 2.45) is 0 Å². The topological polar surface area (TPSA) is 266 Å². The second-order valence-electron chi connectivity index (χ2n) is 13.5. The largest absolute Gasteiger partial charge is 0.550 e. The van der Waals surface area contributed by atoms with Gasteiger partial charge < -0.3 is 65.2 Å². The van der Waals surface area contributed by atoms with Crippen molar-refractivity contribution in [2.75, 3.05) is 0 Å². The second-order valence-corrected chi connectivity index (χ2v) is 13.5. The van der Waals surface area contributed by atoms with E-state index < -0.39 is 48.6 Å². The molecule has 0 radical (unpaired) electrons. The number of carboxylic acid groups (broad SMARTS) is 2. The number of carboxylic acids is 2. The molecule has 0 aliphatic carbocycles. The molecule has 5 atom stereocenters. The number of aliphatic hydroxyl groups is 3. The van der Waals surface area contributed by atoms with Crippen molar-refractivity contribution in [2.45, 2.75) is 90.5 Å². The van der Waals surface area contributed by atoms with Crippen molar-refractivity contribution < 1.29 is 59.0 Å². The van der Waals surface area contributed by atoms with Crippen LogP contribution >= 0.6 is 0 Å². The van der Waals surface area contributed by atoms with Crippen LogP contribution in [0, 0.1) is 13.8 Å². The van der Waals surface area contributed by atoms with Gasteiger partial charge in [-0.15, -0.1) is 0 Å². The minimum atomic E-state index is -2.07. The van der Waals surface area contributed by atoms with Crippen LogP contribution in [0.5, 0.6) is 0 Å². The molecule has 0 bridgehead atoms. The zero-order chi connectivity index (χ0) is 40.5. The number of carbonyl (C=O) groups is 5.